The van der Waals surface area contributed by atoms with E-state index in [1.807, 2.05) is 18.2 Å². The van der Waals surface area contributed by atoms with Crippen LogP contribution >= 0.6 is 0 Å². The molecule has 1 saturated heterocycles. The molecule has 4 rings (SSSR count). The van der Waals surface area contributed by atoms with E-state index in [0.717, 1.165) is 17.6 Å². The molecule has 0 saturated carbocycles. The zero-order chi connectivity index (χ0) is 20.5. The minimum absolute atomic E-state index is 0.148. The molecule has 0 spiro atoms. The Morgan fingerprint density at radius 1 is 1.03 bits per heavy atom. The number of fused-ring (bicyclic) bond motifs is 1. The lowest BCUT2D eigenvalue weighted by Crippen LogP contribution is -2.49. The van der Waals surface area contributed by atoms with Crippen LogP contribution in [0.2, 0.25) is 0 Å². The lowest BCUT2D eigenvalue weighted by atomic mass is 9.66. The quantitative estimate of drug-likeness (QED) is 0.754. The van der Waals surface area contributed by atoms with Gasteiger partial charge in [-0.2, -0.15) is 4.31 Å². The Hall–Kier alpha value is -2.44. The maximum atomic E-state index is 13.3. The molecule has 1 aliphatic heterocycles. The van der Waals surface area contributed by atoms with Crippen molar-refractivity contribution in [3.05, 3.63) is 71.8 Å². The Labute approximate surface area is 172 Å². The molecule has 29 heavy (non-hydrogen) atoms. The van der Waals surface area contributed by atoms with Crippen molar-refractivity contribution < 1.29 is 17.9 Å². The van der Waals surface area contributed by atoms with Gasteiger partial charge in [-0.15, -0.1) is 0 Å². The number of nitrogens with zero attached hydrogens (tertiary/aromatic N) is 1. The molecule has 1 atom stereocenters. The first-order chi connectivity index (χ1) is 13.9. The van der Waals surface area contributed by atoms with E-state index >= 15 is 0 Å². The molecule has 1 heterocycles. The number of allylic oxidation sites excluding steroid dienone is 1. The molecule has 2 aromatic rings. The molecule has 0 N–H and O–H groups in total. The number of methoxy groups -OCH3 is 1. The molecule has 2 aromatic carbocycles. The molecule has 0 amide bonds. The van der Waals surface area contributed by atoms with Crippen molar-refractivity contribution in [3.63, 3.8) is 0 Å². The summed E-state index contributed by atoms with van der Waals surface area (Å²) in [5.41, 5.74) is 1.93. The monoisotopic (exact) mass is 411 g/mol. The van der Waals surface area contributed by atoms with Crippen molar-refractivity contribution in [1.82, 2.24) is 4.31 Å². The molecule has 6 heteroatoms. The number of piperidine rings is 1. The molecule has 1 unspecified atom stereocenters. The molecule has 0 aromatic heterocycles. The van der Waals surface area contributed by atoms with Crippen LogP contribution in [0.3, 0.4) is 0 Å². The van der Waals surface area contributed by atoms with Gasteiger partial charge in [-0.1, -0.05) is 35.9 Å². The van der Waals surface area contributed by atoms with Crippen LogP contribution in [0.1, 0.15) is 24.8 Å². The van der Waals surface area contributed by atoms with Crippen LogP contribution in [0.5, 0.6) is 5.75 Å². The van der Waals surface area contributed by atoms with Gasteiger partial charge >= 0.3 is 0 Å². The number of ketones is 1. The van der Waals surface area contributed by atoms with Crippen molar-refractivity contribution >= 4 is 15.8 Å². The standard InChI is InChI=1S/C23H25NO4S/c1-28-21-7-9-22(10-8-21)29(26,27)24-14-12-19-15-20(25)11-13-23(19,17-24)16-18-5-3-2-4-6-18/h2-10,15H,11-14,16-17H2,1H3. The number of sulfonamides is 1. The molecule has 5 nitrogen and oxygen atoms in total. The van der Waals surface area contributed by atoms with Crippen molar-refractivity contribution in [2.24, 2.45) is 5.41 Å². The Morgan fingerprint density at radius 3 is 2.45 bits per heavy atom. The minimum atomic E-state index is -3.62. The van der Waals surface area contributed by atoms with E-state index < -0.39 is 10.0 Å². The fraction of sp³-hybridized carbons (Fsp3) is 0.348. The Balaban J connectivity index is 1.67. The van der Waals surface area contributed by atoms with Crippen LogP contribution < -0.4 is 4.74 Å². The van der Waals surface area contributed by atoms with Crippen LogP contribution in [0, 0.1) is 5.41 Å². The first kappa shape index (κ1) is 19.9. The van der Waals surface area contributed by atoms with Crippen molar-refractivity contribution in [2.45, 2.75) is 30.6 Å². The second kappa shape index (κ2) is 7.76. The van der Waals surface area contributed by atoms with E-state index in [4.69, 9.17) is 4.74 Å². The molecule has 0 bridgehead atoms. The van der Waals surface area contributed by atoms with Crippen LogP contribution in [-0.4, -0.2) is 38.7 Å². The Morgan fingerprint density at radius 2 is 1.76 bits per heavy atom. The van der Waals surface area contributed by atoms with Crippen molar-refractivity contribution in [2.75, 3.05) is 20.2 Å². The summed E-state index contributed by atoms with van der Waals surface area (Å²) in [6.45, 7) is 0.791. The summed E-state index contributed by atoms with van der Waals surface area (Å²) >= 11 is 0. The van der Waals surface area contributed by atoms with Gasteiger partial charge in [0.1, 0.15) is 5.75 Å². The van der Waals surface area contributed by atoms with Gasteiger partial charge in [0.2, 0.25) is 10.0 Å². The average molecular weight is 412 g/mol. The van der Waals surface area contributed by atoms with Gasteiger partial charge in [0.15, 0.2) is 5.78 Å². The molecule has 1 aliphatic carbocycles. The van der Waals surface area contributed by atoms with E-state index in [0.29, 0.717) is 38.1 Å². The predicted octanol–water partition coefficient (Wildman–Crippen LogP) is 3.61. The number of carbonyl (C=O) groups excluding carboxylic acids is 1. The number of hydrogen-bond acceptors (Lipinski definition) is 4. The fourth-order valence-corrected chi connectivity index (χ4v) is 6.00. The van der Waals surface area contributed by atoms with Gasteiger partial charge < -0.3 is 4.74 Å². The predicted molar refractivity (Wildman–Crippen MR) is 111 cm³/mol. The van der Waals surface area contributed by atoms with E-state index in [1.54, 1.807) is 41.8 Å². The van der Waals surface area contributed by atoms with Crippen LogP contribution in [0.25, 0.3) is 0 Å². The third kappa shape index (κ3) is 3.87. The highest BCUT2D eigenvalue weighted by Gasteiger charge is 2.45. The number of benzene rings is 2. The zero-order valence-electron chi connectivity index (χ0n) is 16.5. The van der Waals surface area contributed by atoms with E-state index in [9.17, 15) is 13.2 Å². The summed E-state index contributed by atoms with van der Waals surface area (Å²) in [6.07, 6.45) is 4.24. The summed E-state index contributed by atoms with van der Waals surface area (Å²) in [5.74, 6) is 0.773. The summed E-state index contributed by atoms with van der Waals surface area (Å²) in [6, 6.07) is 16.6. The first-order valence-electron chi connectivity index (χ1n) is 9.85. The zero-order valence-corrected chi connectivity index (χ0v) is 17.3. The maximum absolute atomic E-state index is 13.3. The molecule has 152 valence electrons. The molecule has 2 aliphatic rings. The van der Waals surface area contributed by atoms with Gasteiger partial charge in [-0.3, -0.25) is 4.79 Å². The molecular formula is C23H25NO4S. The van der Waals surface area contributed by atoms with Crippen LogP contribution in [-0.2, 0) is 21.2 Å². The Bertz CT molecular complexity index is 1030. The van der Waals surface area contributed by atoms with Crippen LogP contribution in [0.4, 0.5) is 0 Å². The summed E-state index contributed by atoms with van der Waals surface area (Å²) < 4.78 is 33.4. The highest BCUT2D eigenvalue weighted by atomic mass is 32.2. The van der Waals surface area contributed by atoms with E-state index in [1.165, 1.54) is 0 Å². The van der Waals surface area contributed by atoms with Gasteiger partial charge in [0, 0.05) is 24.9 Å². The average Bonchev–Trinajstić information content (AvgIpc) is 2.74. The summed E-state index contributed by atoms with van der Waals surface area (Å²) in [4.78, 5) is 12.3. The second-order valence-corrected chi connectivity index (χ2v) is 9.78. The highest BCUT2D eigenvalue weighted by molar-refractivity contribution is 7.89. The normalized spacial score (nSPS) is 22.7. The van der Waals surface area contributed by atoms with E-state index in [2.05, 4.69) is 12.1 Å². The largest absolute Gasteiger partial charge is 0.497 e. The summed E-state index contributed by atoms with van der Waals surface area (Å²) in [5, 5.41) is 0. The van der Waals surface area contributed by atoms with Crippen LogP contribution in [0.15, 0.2) is 71.1 Å². The highest BCUT2D eigenvalue weighted by Crippen LogP contribution is 2.46. The second-order valence-electron chi connectivity index (χ2n) is 7.84. The van der Waals surface area contributed by atoms with Gasteiger partial charge in [0.05, 0.1) is 12.0 Å². The minimum Gasteiger partial charge on any atom is -0.497 e. The number of carbonyl (C=O) groups is 1. The Kier molecular flexibility index (Phi) is 5.32. The first-order valence-corrected chi connectivity index (χ1v) is 11.3. The van der Waals surface area contributed by atoms with Gasteiger partial charge in [-0.25, -0.2) is 8.42 Å². The summed E-state index contributed by atoms with van der Waals surface area (Å²) in [7, 11) is -2.06. The SMILES string of the molecule is COc1ccc(S(=O)(=O)N2CCC3=CC(=O)CCC3(Cc3ccccc3)C2)cc1. The van der Waals surface area contributed by atoms with Gasteiger partial charge in [-0.05, 0) is 55.2 Å². The fourth-order valence-electron chi connectivity index (χ4n) is 4.47. The van der Waals surface area contributed by atoms with Crippen molar-refractivity contribution in [3.8, 4) is 5.75 Å². The lowest BCUT2D eigenvalue weighted by Gasteiger charge is -2.46. The number of ether oxygens (including phenoxy) is 1. The number of hydrogen-bond donors (Lipinski definition) is 0. The third-order valence-corrected chi connectivity index (χ3v) is 7.92. The van der Waals surface area contributed by atoms with E-state index in [-0.39, 0.29) is 16.1 Å². The molecular weight excluding hydrogens is 386 g/mol. The smallest absolute Gasteiger partial charge is 0.243 e. The molecule has 1 fully saturated rings. The lowest BCUT2D eigenvalue weighted by molar-refractivity contribution is -0.116. The maximum Gasteiger partial charge on any atom is 0.243 e. The number of rotatable bonds is 5. The van der Waals surface area contributed by atoms with Crippen molar-refractivity contribution in [1.29, 1.82) is 0 Å². The third-order valence-electron chi connectivity index (χ3n) is 6.06. The van der Waals surface area contributed by atoms with Gasteiger partial charge in [0.25, 0.3) is 0 Å². The topological polar surface area (TPSA) is 63.7 Å². The molecule has 0 radical (unpaired) electrons.